The van der Waals surface area contributed by atoms with Crippen LogP contribution in [-0.4, -0.2) is 9.36 Å². The van der Waals surface area contributed by atoms with Gasteiger partial charge in [-0.1, -0.05) is 59.7 Å². The van der Waals surface area contributed by atoms with Gasteiger partial charge in [-0.15, -0.1) is 0 Å². The van der Waals surface area contributed by atoms with E-state index in [1.54, 1.807) is 0 Å². The topological polar surface area (TPSA) is 25.8 Å². The minimum Gasteiger partial charge on any atom is -0.224 e. The molecule has 0 atom stereocenters. The largest absolute Gasteiger partial charge is 0.224 e. The Morgan fingerprint density at radius 1 is 0.762 bits per heavy atom. The van der Waals surface area contributed by atoms with Crippen molar-refractivity contribution in [1.82, 2.24) is 9.36 Å². The predicted molar refractivity (Wildman–Crippen MR) is 87.9 cm³/mol. The summed E-state index contributed by atoms with van der Waals surface area (Å²) in [5.41, 5.74) is 5.13. The normalized spacial score (nSPS) is 10.8. The molecule has 0 aliphatic heterocycles. The van der Waals surface area contributed by atoms with Crippen LogP contribution in [-0.2, 0) is 12.8 Å². The Hall–Kier alpha value is -2.00. The number of rotatable bonds is 4. The number of aromatic nitrogens is 2. The second-order valence-electron chi connectivity index (χ2n) is 5.43. The standard InChI is InChI=1S/C18H18N2S/c1-13-3-7-15(8-4-13)11-17-19-18(21-20-17)12-16-9-5-14(2)6-10-16/h3-10H,11-12H2,1-2H3. The molecule has 0 radical (unpaired) electrons. The first-order valence-corrected chi connectivity index (χ1v) is 7.89. The molecule has 0 saturated carbocycles. The molecule has 0 bridgehead atoms. The van der Waals surface area contributed by atoms with Crippen molar-refractivity contribution < 1.29 is 0 Å². The molecule has 1 heterocycles. The Labute approximate surface area is 129 Å². The van der Waals surface area contributed by atoms with Crippen molar-refractivity contribution in [3.05, 3.63) is 81.6 Å². The van der Waals surface area contributed by atoms with E-state index < -0.39 is 0 Å². The van der Waals surface area contributed by atoms with Gasteiger partial charge in [-0.05, 0) is 36.5 Å². The maximum atomic E-state index is 4.65. The summed E-state index contributed by atoms with van der Waals surface area (Å²) in [4.78, 5) is 4.65. The first-order chi connectivity index (χ1) is 10.2. The lowest BCUT2D eigenvalue weighted by molar-refractivity contribution is 0.999. The van der Waals surface area contributed by atoms with Crippen LogP contribution in [0.4, 0.5) is 0 Å². The summed E-state index contributed by atoms with van der Waals surface area (Å²) in [6.45, 7) is 4.21. The van der Waals surface area contributed by atoms with Crippen LogP contribution in [0.2, 0.25) is 0 Å². The van der Waals surface area contributed by atoms with Gasteiger partial charge in [-0.2, -0.15) is 4.37 Å². The van der Waals surface area contributed by atoms with Gasteiger partial charge in [0.2, 0.25) is 0 Å². The van der Waals surface area contributed by atoms with E-state index in [1.165, 1.54) is 33.8 Å². The number of aryl methyl sites for hydroxylation is 2. The fourth-order valence-corrected chi connectivity index (χ4v) is 2.90. The van der Waals surface area contributed by atoms with Crippen molar-refractivity contribution in [2.45, 2.75) is 26.7 Å². The third kappa shape index (κ3) is 3.76. The molecule has 0 saturated heterocycles. The van der Waals surface area contributed by atoms with E-state index >= 15 is 0 Å². The average Bonchev–Trinajstić information content (AvgIpc) is 2.91. The van der Waals surface area contributed by atoms with E-state index in [2.05, 4.69) is 71.7 Å². The third-order valence-electron chi connectivity index (χ3n) is 3.47. The molecular weight excluding hydrogens is 276 g/mol. The summed E-state index contributed by atoms with van der Waals surface area (Å²) in [5, 5.41) is 1.08. The highest BCUT2D eigenvalue weighted by molar-refractivity contribution is 7.05. The molecule has 1 aromatic heterocycles. The van der Waals surface area contributed by atoms with Crippen LogP contribution in [0, 0.1) is 13.8 Å². The molecule has 0 fully saturated rings. The summed E-state index contributed by atoms with van der Waals surface area (Å²) in [6.07, 6.45) is 1.68. The van der Waals surface area contributed by atoms with Gasteiger partial charge in [-0.3, -0.25) is 0 Å². The Morgan fingerprint density at radius 2 is 1.29 bits per heavy atom. The lowest BCUT2D eigenvalue weighted by atomic mass is 10.1. The molecule has 0 N–H and O–H groups in total. The third-order valence-corrected chi connectivity index (χ3v) is 4.22. The monoisotopic (exact) mass is 294 g/mol. The van der Waals surface area contributed by atoms with Crippen LogP contribution in [0.15, 0.2) is 48.5 Å². The van der Waals surface area contributed by atoms with Crippen LogP contribution < -0.4 is 0 Å². The highest BCUT2D eigenvalue weighted by Gasteiger charge is 2.06. The maximum Gasteiger partial charge on any atom is 0.146 e. The van der Waals surface area contributed by atoms with E-state index in [-0.39, 0.29) is 0 Å². The molecule has 2 aromatic carbocycles. The Morgan fingerprint density at radius 3 is 1.86 bits per heavy atom. The minimum atomic E-state index is 0.810. The van der Waals surface area contributed by atoms with Gasteiger partial charge in [0.1, 0.15) is 10.8 Å². The van der Waals surface area contributed by atoms with Crippen LogP contribution in [0.5, 0.6) is 0 Å². The van der Waals surface area contributed by atoms with Crippen molar-refractivity contribution in [3.63, 3.8) is 0 Å². The quantitative estimate of drug-likeness (QED) is 0.715. The molecule has 2 nitrogen and oxygen atoms in total. The zero-order valence-electron chi connectivity index (χ0n) is 12.3. The number of hydrogen-bond donors (Lipinski definition) is 0. The van der Waals surface area contributed by atoms with Gasteiger partial charge < -0.3 is 0 Å². The SMILES string of the molecule is Cc1ccc(Cc2nsc(Cc3ccc(C)cc3)n2)cc1. The van der Waals surface area contributed by atoms with Crippen molar-refractivity contribution in [2.75, 3.05) is 0 Å². The lowest BCUT2D eigenvalue weighted by Crippen LogP contribution is -1.92. The summed E-state index contributed by atoms with van der Waals surface area (Å²) < 4.78 is 4.48. The molecule has 3 aromatic rings. The fraction of sp³-hybridized carbons (Fsp3) is 0.222. The summed E-state index contributed by atoms with van der Waals surface area (Å²) in [7, 11) is 0. The zero-order chi connectivity index (χ0) is 14.7. The van der Waals surface area contributed by atoms with Crippen molar-refractivity contribution in [2.24, 2.45) is 0 Å². The molecule has 0 unspecified atom stereocenters. The average molecular weight is 294 g/mol. The fourth-order valence-electron chi connectivity index (χ4n) is 2.20. The summed E-state index contributed by atoms with van der Waals surface area (Å²) in [5.74, 6) is 0.922. The number of hydrogen-bond acceptors (Lipinski definition) is 3. The molecule has 0 spiro atoms. The summed E-state index contributed by atoms with van der Waals surface area (Å²) in [6, 6.07) is 17.2. The van der Waals surface area contributed by atoms with Crippen LogP contribution in [0.3, 0.4) is 0 Å². The summed E-state index contributed by atoms with van der Waals surface area (Å²) >= 11 is 1.51. The van der Waals surface area contributed by atoms with Crippen molar-refractivity contribution in [1.29, 1.82) is 0 Å². The smallest absolute Gasteiger partial charge is 0.146 e. The van der Waals surface area contributed by atoms with E-state index in [1.807, 2.05) is 0 Å². The Balaban J connectivity index is 1.68. The zero-order valence-corrected chi connectivity index (χ0v) is 13.2. The van der Waals surface area contributed by atoms with Gasteiger partial charge in [0.25, 0.3) is 0 Å². The van der Waals surface area contributed by atoms with Gasteiger partial charge in [0.05, 0.1) is 0 Å². The van der Waals surface area contributed by atoms with Crippen molar-refractivity contribution in [3.8, 4) is 0 Å². The van der Waals surface area contributed by atoms with E-state index in [0.717, 1.165) is 23.7 Å². The molecule has 3 rings (SSSR count). The Bertz CT molecular complexity index is 650. The maximum absolute atomic E-state index is 4.65. The van der Waals surface area contributed by atoms with Gasteiger partial charge in [0.15, 0.2) is 0 Å². The molecule has 3 heteroatoms. The van der Waals surface area contributed by atoms with Crippen LogP contribution in [0.1, 0.15) is 33.1 Å². The second kappa shape index (κ2) is 6.19. The van der Waals surface area contributed by atoms with Gasteiger partial charge in [0, 0.05) is 12.8 Å². The van der Waals surface area contributed by atoms with E-state index in [0.29, 0.717) is 0 Å². The first-order valence-electron chi connectivity index (χ1n) is 7.11. The second-order valence-corrected chi connectivity index (χ2v) is 6.27. The minimum absolute atomic E-state index is 0.810. The molecule has 0 amide bonds. The first kappa shape index (κ1) is 14.0. The van der Waals surface area contributed by atoms with E-state index in [4.69, 9.17) is 0 Å². The molecular formula is C18H18N2S. The highest BCUT2D eigenvalue weighted by Crippen LogP contribution is 2.15. The van der Waals surface area contributed by atoms with Crippen molar-refractivity contribution >= 4 is 11.5 Å². The van der Waals surface area contributed by atoms with Crippen LogP contribution >= 0.6 is 11.5 Å². The molecule has 0 aliphatic carbocycles. The molecule has 0 aliphatic rings. The van der Waals surface area contributed by atoms with Crippen LogP contribution in [0.25, 0.3) is 0 Å². The molecule has 21 heavy (non-hydrogen) atoms. The number of nitrogens with zero attached hydrogens (tertiary/aromatic N) is 2. The predicted octanol–water partition coefficient (Wildman–Crippen LogP) is 4.34. The molecule has 106 valence electrons. The highest BCUT2D eigenvalue weighted by atomic mass is 32.1. The Kier molecular flexibility index (Phi) is 4.11. The number of benzene rings is 2. The van der Waals surface area contributed by atoms with E-state index in [9.17, 15) is 0 Å². The van der Waals surface area contributed by atoms with Gasteiger partial charge in [-0.25, -0.2) is 4.98 Å². The lowest BCUT2D eigenvalue weighted by Gasteiger charge is -1.99. The van der Waals surface area contributed by atoms with Gasteiger partial charge >= 0.3 is 0 Å².